The van der Waals surface area contributed by atoms with Gasteiger partial charge in [0.15, 0.2) is 0 Å². The number of hydrogen-bond donors (Lipinski definition) is 3. The third-order valence-electron chi connectivity index (χ3n) is 7.08. The molecule has 2 heterocycles. The van der Waals surface area contributed by atoms with E-state index in [1.54, 1.807) is 69.8 Å². The van der Waals surface area contributed by atoms with E-state index < -0.39 is 33.5 Å². The smallest absolute Gasteiger partial charge is 0.326 e. The average molecular weight is 635 g/mol. The van der Waals surface area contributed by atoms with E-state index in [4.69, 9.17) is 4.74 Å². The molecule has 0 aliphatic heterocycles. The van der Waals surface area contributed by atoms with Gasteiger partial charge in [0.2, 0.25) is 10.0 Å². The Hall–Kier alpha value is -4.29. The van der Waals surface area contributed by atoms with Crippen LogP contribution in [0.5, 0.6) is 0 Å². The van der Waals surface area contributed by atoms with Crippen molar-refractivity contribution in [2.24, 2.45) is 7.05 Å². The van der Waals surface area contributed by atoms with E-state index in [9.17, 15) is 18.0 Å². The summed E-state index contributed by atoms with van der Waals surface area (Å²) in [5.41, 5.74) is 3.23. The lowest BCUT2D eigenvalue weighted by atomic mass is 10.1. The van der Waals surface area contributed by atoms with Crippen molar-refractivity contribution in [2.45, 2.75) is 70.9 Å². The van der Waals surface area contributed by atoms with Crippen molar-refractivity contribution in [3.05, 3.63) is 82.7 Å². The molecule has 0 aliphatic rings. The zero-order valence-electron chi connectivity index (χ0n) is 26.9. The largest absolute Gasteiger partial charge is 0.459 e. The van der Waals surface area contributed by atoms with Gasteiger partial charge in [-0.1, -0.05) is 29.8 Å². The number of amides is 1. The molecule has 0 saturated carbocycles. The second-order valence-corrected chi connectivity index (χ2v) is 13.8. The molecule has 0 aliphatic carbocycles. The Morgan fingerprint density at radius 3 is 2.38 bits per heavy atom. The number of carbonyl (C=O) groups excluding carboxylic acids is 2. The molecule has 0 radical (unpaired) electrons. The maximum Gasteiger partial charge on any atom is 0.326 e. The molecule has 12 heteroatoms. The Labute approximate surface area is 264 Å². The summed E-state index contributed by atoms with van der Waals surface area (Å²) in [6.07, 6.45) is 3.32. The van der Waals surface area contributed by atoms with Crippen LogP contribution in [0.2, 0.25) is 0 Å². The predicted octanol–water partition coefficient (Wildman–Crippen LogP) is 4.36. The molecule has 0 unspecified atom stereocenters. The first-order valence-corrected chi connectivity index (χ1v) is 16.3. The van der Waals surface area contributed by atoms with Crippen LogP contribution in [-0.2, 0) is 33.0 Å². The summed E-state index contributed by atoms with van der Waals surface area (Å²) in [4.78, 5) is 30.8. The number of hydrogen-bond acceptors (Lipinski definition) is 8. The Bertz CT molecular complexity index is 1770. The minimum absolute atomic E-state index is 0.0953. The molecule has 2 aromatic carbocycles. The highest BCUT2D eigenvalue weighted by Gasteiger charge is 2.32. The van der Waals surface area contributed by atoms with E-state index in [0.717, 1.165) is 47.4 Å². The number of nitrogens with zero attached hydrogens (tertiary/aromatic N) is 3. The van der Waals surface area contributed by atoms with Crippen LogP contribution in [0, 0.1) is 20.8 Å². The van der Waals surface area contributed by atoms with Crippen molar-refractivity contribution < 1.29 is 22.7 Å². The minimum atomic E-state index is -4.13. The molecule has 0 saturated heterocycles. The van der Waals surface area contributed by atoms with Crippen LogP contribution >= 0.6 is 0 Å². The normalized spacial score (nSPS) is 12.6. The first kappa shape index (κ1) is 33.6. The highest BCUT2D eigenvalue weighted by atomic mass is 32.2. The summed E-state index contributed by atoms with van der Waals surface area (Å²) in [6.45, 7) is 10.8. The summed E-state index contributed by atoms with van der Waals surface area (Å²) in [6, 6.07) is 13.2. The van der Waals surface area contributed by atoms with Crippen LogP contribution in [0.4, 0.5) is 5.82 Å². The Balaban J connectivity index is 1.47. The van der Waals surface area contributed by atoms with Crippen LogP contribution in [0.25, 0.3) is 10.9 Å². The molecule has 4 rings (SSSR count). The van der Waals surface area contributed by atoms with Gasteiger partial charge in [0.1, 0.15) is 17.5 Å². The molecular weight excluding hydrogens is 592 g/mol. The fourth-order valence-electron chi connectivity index (χ4n) is 5.28. The van der Waals surface area contributed by atoms with Crippen molar-refractivity contribution in [1.29, 1.82) is 0 Å². The van der Waals surface area contributed by atoms with Gasteiger partial charge in [0, 0.05) is 37.3 Å². The number of pyridine rings is 1. The standard InChI is InChI=1S/C33H42N6O5S/c1-21-17-22(2)30(23(3)18-21)45(42,43)38-27(32(41)44-33(4,5)6)20-36-31(40)24-13-14-25-26(37-39(7)28(25)19-24)11-10-16-35-29-12-8-9-15-34-29/h8-9,12-15,17-19,27,38H,10-11,16,20H2,1-7H3,(H,34,35)(H,36,40)/t27-/m0/s1. The number of anilines is 1. The second-order valence-electron chi connectivity index (χ2n) is 12.2. The summed E-state index contributed by atoms with van der Waals surface area (Å²) >= 11 is 0. The van der Waals surface area contributed by atoms with E-state index in [2.05, 4.69) is 25.4 Å². The number of esters is 1. The van der Waals surface area contributed by atoms with Gasteiger partial charge in [0.25, 0.3) is 5.91 Å². The van der Waals surface area contributed by atoms with E-state index in [-0.39, 0.29) is 11.4 Å². The molecule has 2 aromatic heterocycles. The Morgan fingerprint density at radius 1 is 1.02 bits per heavy atom. The van der Waals surface area contributed by atoms with Crippen molar-refractivity contribution >= 4 is 38.6 Å². The maximum absolute atomic E-state index is 13.5. The summed E-state index contributed by atoms with van der Waals surface area (Å²) in [5.74, 6) is -0.436. The van der Waals surface area contributed by atoms with Crippen LogP contribution in [0.3, 0.4) is 0 Å². The number of benzene rings is 2. The van der Waals surface area contributed by atoms with Gasteiger partial charge >= 0.3 is 5.97 Å². The van der Waals surface area contributed by atoms with Crippen LogP contribution < -0.4 is 15.4 Å². The van der Waals surface area contributed by atoms with Gasteiger partial charge < -0.3 is 15.4 Å². The summed E-state index contributed by atoms with van der Waals surface area (Å²) in [5, 5.41) is 11.6. The number of aromatic nitrogens is 3. The lowest BCUT2D eigenvalue weighted by molar-refractivity contribution is -0.156. The van der Waals surface area contributed by atoms with Crippen molar-refractivity contribution in [2.75, 3.05) is 18.4 Å². The number of fused-ring (bicyclic) bond motifs is 1. The van der Waals surface area contributed by atoms with E-state index in [0.29, 0.717) is 16.7 Å². The van der Waals surface area contributed by atoms with Gasteiger partial charge in [0.05, 0.1) is 16.1 Å². The molecule has 3 N–H and O–H groups in total. The van der Waals surface area contributed by atoms with Gasteiger partial charge in [-0.15, -0.1) is 0 Å². The predicted molar refractivity (Wildman–Crippen MR) is 175 cm³/mol. The number of carbonyl (C=O) groups is 2. The third-order valence-corrected chi connectivity index (χ3v) is 8.86. The molecule has 45 heavy (non-hydrogen) atoms. The molecule has 240 valence electrons. The quantitative estimate of drug-likeness (QED) is 0.154. The SMILES string of the molecule is Cc1cc(C)c(S(=O)(=O)N[C@@H](CNC(=O)c2ccc3c(CCCNc4ccccn4)nn(C)c3c2)C(=O)OC(C)(C)C)c(C)c1. The third kappa shape index (κ3) is 8.67. The number of ether oxygens (including phenoxy) is 1. The number of sulfonamides is 1. The van der Waals surface area contributed by atoms with Gasteiger partial charge in [-0.3, -0.25) is 14.3 Å². The molecule has 0 bridgehead atoms. The monoisotopic (exact) mass is 634 g/mol. The number of rotatable bonds is 12. The number of nitrogens with one attached hydrogen (secondary N) is 3. The first-order valence-electron chi connectivity index (χ1n) is 14.9. The fourth-order valence-corrected chi connectivity index (χ4v) is 6.92. The minimum Gasteiger partial charge on any atom is -0.459 e. The van der Waals surface area contributed by atoms with Crippen molar-refractivity contribution in [3.8, 4) is 0 Å². The van der Waals surface area contributed by atoms with E-state index >= 15 is 0 Å². The highest BCUT2D eigenvalue weighted by Crippen LogP contribution is 2.23. The molecule has 11 nitrogen and oxygen atoms in total. The van der Waals surface area contributed by atoms with Crippen molar-refractivity contribution in [3.63, 3.8) is 0 Å². The molecular formula is C33H42N6O5S. The summed E-state index contributed by atoms with van der Waals surface area (Å²) < 4.78 is 36.7. The van der Waals surface area contributed by atoms with Gasteiger partial charge in [-0.05, 0) is 89.8 Å². The zero-order valence-corrected chi connectivity index (χ0v) is 27.7. The number of aryl methyl sites for hydroxylation is 5. The molecule has 1 amide bonds. The molecule has 4 aromatic rings. The van der Waals surface area contributed by atoms with Crippen molar-refractivity contribution in [1.82, 2.24) is 24.8 Å². The lowest BCUT2D eigenvalue weighted by Crippen LogP contribution is -2.50. The maximum atomic E-state index is 13.5. The van der Waals surface area contributed by atoms with Crippen LogP contribution in [0.1, 0.15) is 59.9 Å². The van der Waals surface area contributed by atoms with Crippen LogP contribution in [-0.4, -0.2) is 59.8 Å². The molecule has 1 atom stereocenters. The Kier molecular flexibility index (Phi) is 10.3. The van der Waals surface area contributed by atoms with E-state index in [1.807, 2.05) is 38.2 Å². The average Bonchev–Trinajstić information content (AvgIpc) is 3.26. The fraction of sp³-hybridized carbons (Fsp3) is 0.394. The van der Waals surface area contributed by atoms with Gasteiger partial charge in [-0.25, -0.2) is 13.4 Å². The lowest BCUT2D eigenvalue weighted by Gasteiger charge is -2.25. The Morgan fingerprint density at radius 2 is 1.73 bits per heavy atom. The summed E-state index contributed by atoms with van der Waals surface area (Å²) in [7, 11) is -2.31. The molecule has 0 spiro atoms. The molecule has 0 fully saturated rings. The zero-order chi connectivity index (χ0) is 32.9. The van der Waals surface area contributed by atoms with E-state index in [1.165, 1.54) is 0 Å². The van der Waals surface area contributed by atoms with Crippen LogP contribution in [0.15, 0.2) is 59.6 Å². The van der Waals surface area contributed by atoms with Gasteiger partial charge in [-0.2, -0.15) is 9.82 Å². The first-order chi connectivity index (χ1) is 21.1. The topological polar surface area (TPSA) is 144 Å². The highest BCUT2D eigenvalue weighted by molar-refractivity contribution is 7.89. The second kappa shape index (κ2) is 13.8.